The molecule has 86 valence electrons. The van der Waals surface area contributed by atoms with Crippen LogP contribution in [0.25, 0.3) is 10.1 Å². The Morgan fingerprint density at radius 3 is 2.94 bits per heavy atom. The molecule has 0 fully saturated rings. The summed E-state index contributed by atoms with van der Waals surface area (Å²) in [4.78, 5) is 4.41. The molecular weight excluding hydrogens is 216 g/mol. The summed E-state index contributed by atoms with van der Waals surface area (Å²) in [5.41, 5.74) is 0.319. The van der Waals surface area contributed by atoms with Crippen molar-refractivity contribution in [1.82, 2.24) is 4.98 Å². The van der Waals surface area contributed by atoms with E-state index in [0.717, 1.165) is 12.4 Å². The first-order valence-corrected chi connectivity index (χ1v) is 6.56. The molecule has 0 saturated heterocycles. The molecule has 2 aromatic heterocycles. The molecule has 0 radical (unpaired) electrons. The number of fused-ring (bicyclic) bond motifs is 1. The molecule has 0 aliphatic carbocycles. The number of anilines is 1. The van der Waals surface area contributed by atoms with E-state index >= 15 is 0 Å². The van der Waals surface area contributed by atoms with Gasteiger partial charge in [-0.05, 0) is 29.3 Å². The van der Waals surface area contributed by atoms with Gasteiger partial charge in [-0.1, -0.05) is 20.8 Å². The number of rotatable bonds is 4. The Hall–Kier alpha value is -1.09. The van der Waals surface area contributed by atoms with Crippen LogP contribution >= 0.6 is 11.3 Å². The highest BCUT2D eigenvalue weighted by Crippen LogP contribution is 2.27. The van der Waals surface area contributed by atoms with Gasteiger partial charge in [0.25, 0.3) is 0 Å². The first-order chi connectivity index (χ1) is 7.62. The molecule has 0 aliphatic heterocycles. The van der Waals surface area contributed by atoms with Gasteiger partial charge >= 0.3 is 0 Å². The van der Waals surface area contributed by atoms with E-state index in [2.05, 4.69) is 48.6 Å². The summed E-state index contributed by atoms with van der Waals surface area (Å²) in [6, 6.07) is 4.20. The summed E-state index contributed by atoms with van der Waals surface area (Å²) >= 11 is 1.76. The first kappa shape index (κ1) is 11.4. The van der Waals surface area contributed by atoms with E-state index in [9.17, 15) is 0 Å². The molecule has 0 atom stereocenters. The van der Waals surface area contributed by atoms with Crippen LogP contribution in [0.15, 0.2) is 23.7 Å². The third kappa shape index (κ3) is 2.35. The lowest BCUT2D eigenvalue weighted by Gasteiger charge is -2.23. The van der Waals surface area contributed by atoms with Crippen LogP contribution in [0, 0.1) is 5.41 Å². The van der Waals surface area contributed by atoms with Gasteiger partial charge < -0.3 is 5.32 Å². The zero-order chi connectivity index (χ0) is 11.6. The second-order valence-corrected chi connectivity index (χ2v) is 5.81. The van der Waals surface area contributed by atoms with E-state index < -0.39 is 0 Å². The molecule has 0 amide bonds. The van der Waals surface area contributed by atoms with E-state index in [1.165, 1.54) is 16.5 Å². The Labute approximate surface area is 101 Å². The third-order valence-corrected chi connectivity index (χ3v) is 3.95. The van der Waals surface area contributed by atoms with Gasteiger partial charge in [0.15, 0.2) is 0 Å². The lowest BCUT2D eigenvalue weighted by atomic mass is 9.90. The summed E-state index contributed by atoms with van der Waals surface area (Å²) in [5, 5.41) is 6.81. The van der Waals surface area contributed by atoms with Crippen LogP contribution in [-0.4, -0.2) is 11.5 Å². The Kier molecular flexibility index (Phi) is 3.15. The van der Waals surface area contributed by atoms with Gasteiger partial charge in [-0.2, -0.15) is 0 Å². The number of hydrogen-bond donors (Lipinski definition) is 1. The molecule has 0 aromatic carbocycles. The molecule has 0 bridgehead atoms. The molecule has 0 aliphatic rings. The van der Waals surface area contributed by atoms with Gasteiger partial charge in [-0.15, -0.1) is 11.3 Å². The minimum atomic E-state index is 0.319. The summed E-state index contributed by atoms with van der Waals surface area (Å²) in [7, 11) is 0. The van der Waals surface area contributed by atoms with Crippen molar-refractivity contribution in [3.63, 3.8) is 0 Å². The highest BCUT2D eigenvalue weighted by molar-refractivity contribution is 7.17. The maximum absolute atomic E-state index is 4.41. The van der Waals surface area contributed by atoms with E-state index in [0.29, 0.717) is 5.41 Å². The fraction of sp³-hybridized carbons (Fsp3) is 0.462. The summed E-state index contributed by atoms with van der Waals surface area (Å²) in [6.45, 7) is 7.73. The zero-order valence-electron chi connectivity index (χ0n) is 10.1. The normalized spacial score (nSPS) is 11.9. The van der Waals surface area contributed by atoms with Gasteiger partial charge in [-0.3, -0.25) is 0 Å². The summed E-state index contributed by atoms with van der Waals surface area (Å²) in [6.07, 6.45) is 3.04. The largest absolute Gasteiger partial charge is 0.369 e. The van der Waals surface area contributed by atoms with Crippen molar-refractivity contribution in [2.24, 2.45) is 5.41 Å². The van der Waals surface area contributed by atoms with Crippen molar-refractivity contribution in [1.29, 1.82) is 0 Å². The molecule has 2 nitrogen and oxygen atoms in total. The smallest absolute Gasteiger partial charge is 0.134 e. The Morgan fingerprint density at radius 1 is 1.38 bits per heavy atom. The minimum absolute atomic E-state index is 0.319. The number of thiophene rings is 1. The topological polar surface area (TPSA) is 24.9 Å². The third-order valence-electron chi connectivity index (χ3n) is 3.07. The van der Waals surface area contributed by atoms with Crippen LogP contribution < -0.4 is 5.32 Å². The Bertz CT molecular complexity index is 473. The van der Waals surface area contributed by atoms with Gasteiger partial charge in [0.1, 0.15) is 5.82 Å². The average molecular weight is 234 g/mol. The molecule has 0 saturated carbocycles. The number of pyridine rings is 1. The van der Waals surface area contributed by atoms with Gasteiger partial charge in [0.05, 0.1) is 0 Å². The summed E-state index contributed by atoms with van der Waals surface area (Å²) in [5.74, 6) is 1.01. The van der Waals surface area contributed by atoms with E-state index in [4.69, 9.17) is 0 Å². The number of hydrogen-bond acceptors (Lipinski definition) is 3. The van der Waals surface area contributed by atoms with E-state index in [-0.39, 0.29) is 0 Å². The first-order valence-electron chi connectivity index (χ1n) is 5.68. The van der Waals surface area contributed by atoms with Crippen LogP contribution in [0.5, 0.6) is 0 Å². The van der Waals surface area contributed by atoms with Crippen molar-refractivity contribution in [3.05, 3.63) is 23.7 Å². The quantitative estimate of drug-likeness (QED) is 0.859. The number of aromatic nitrogens is 1. The maximum Gasteiger partial charge on any atom is 0.134 e. The number of nitrogens with one attached hydrogen (secondary N) is 1. The monoisotopic (exact) mass is 234 g/mol. The SMILES string of the molecule is CCC(C)(C)CNc1nccc2sccc12. The second-order valence-electron chi connectivity index (χ2n) is 4.86. The van der Waals surface area contributed by atoms with Crippen LogP contribution in [0.4, 0.5) is 5.82 Å². The fourth-order valence-electron chi connectivity index (χ4n) is 1.48. The van der Waals surface area contributed by atoms with E-state index in [1.807, 2.05) is 6.20 Å². The summed E-state index contributed by atoms with van der Waals surface area (Å²) < 4.78 is 1.30. The molecule has 2 rings (SSSR count). The minimum Gasteiger partial charge on any atom is -0.369 e. The van der Waals surface area contributed by atoms with Crippen molar-refractivity contribution < 1.29 is 0 Å². The van der Waals surface area contributed by atoms with Crippen molar-refractivity contribution in [2.75, 3.05) is 11.9 Å². The van der Waals surface area contributed by atoms with E-state index in [1.54, 1.807) is 11.3 Å². The molecule has 3 heteroatoms. The molecule has 0 spiro atoms. The fourth-order valence-corrected chi connectivity index (χ4v) is 2.27. The molecular formula is C13H18N2S. The molecule has 0 unspecified atom stereocenters. The lowest BCUT2D eigenvalue weighted by molar-refractivity contribution is 0.376. The highest BCUT2D eigenvalue weighted by Gasteiger charge is 2.15. The standard InChI is InChI=1S/C13H18N2S/c1-4-13(2,3)9-15-12-10-6-8-16-11(10)5-7-14-12/h5-8H,4,9H2,1-3H3,(H,14,15). The van der Waals surface area contributed by atoms with Crippen LogP contribution in [0.1, 0.15) is 27.2 Å². The molecule has 2 aromatic rings. The van der Waals surface area contributed by atoms with Crippen molar-refractivity contribution >= 4 is 27.2 Å². The second kappa shape index (κ2) is 4.42. The Balaban J connectivity index is 2.18. The predicted molar refractivity (Wildman–Crippen MR) is 72.2 cm³/mol. The van der Waals surface area contributed by atoms with Gasteiger partial charge in [0.2, 0.25) is 0 Å². The number of nitrogens with zero attached hydrogens (tertiary/aromatic N) is 1. The van der Waals surface area contributed by atoms with Crippen molar-refractivity contribution in [3.8, 4) is 0 Å². The molecule has 1 N–H and O–H groups in total. The Morgan fingerprint density at radius 2 is 2.19 bits per heavy atom. The molecule has 2 heterocycles. The van der Waals surface area contributed by atoms with Crippen LogP contribution in [-0.2, 0) is 0 Å². The van der Waals surface area contributed by atoms with Gasteiger partial charge in [-0.25, -0.2) is 4.98 Å². The molecule has 16 heavy (non-hydrogen) atoms. The predicted octanol–water partition coefficient (Wildman–Crippen LogP) is 4.14. The van der Waals surface area contributed by atoms with Crippen LogP contribution in [0.3, 0.4) is 0 Å². The van der Waals surface area contributed by atoms with Gasteiger partial charge in [0, 0.05) is 22.8 Å². The zero-order valence-corrected chi connectivity index (χ0v) is 10.9. The lowest BCUT2D eigenvalue weighted by Crippen LogP contribution is -2.22. The average Bonchev–Trinajstić information content (AvgIpc) is 2.75. The maximum atomic E-state index is 4.41. The van der Waals surface area contributed by atoms with Crippen LogP contribution in [0.2, 0.25) is 0 Å². The highest BCUT2D eigenvalue weighted by atomic mass is 32.1. The van der Waals surface area contributed by atoms with Crippen molar-refractivity contribution in [2.45, 2.75) is 27.2 Å².